The van der Waals surface area contributed by atoms with Gasteiger partial charge in [-0.2, -0.15) is 5.26 Å². The molecule has 2 nitrogen and oxygen atoms in total. The first-order valence-corrected chi connectivity index (χ1v) is 6.08. The Morgan fingerprint density at radius 1 is 1.11 bits per heavy atom. The highest BCUT2D eigenvalue weighted by molar-refractivity contribution is 6.31. The fourth-order valence-corrected chi connectivity index (χ4v) is 1.90. The van der Waals surface area contributed by atoms with Gasteiger partial charge in [-0.1, -0.05) is 29.3 Å². The van der Waals surface area contributed by atoms with Gasteiger partial charge in [0.15, 0.2) is 0 Å². The molecule has 4 heteroatoms. The fraction of sp³-hybridized carbons (Fsp3) is 0.0714. The van der Waals surface area contributed by atoms with Gasteiger partial charge in [0.2, 0.25) is 0 Å². The molecule has 1 N–H and O–H groups in total. The summed E-state index contributed by atoms with van der Waals surface area (Å²) in [6.07, 6.45) is 0. The maximum absolute atomic E-state index is 9.03. The monoisotopic (exact) mass is 276 g/mol. The maximum atomic E-state index is 9.03. The van der Waals surface area contributed by atoms with Gasteiger partial charge in [0.05, 0.1) is 11.3 Å². The van der Waals surface area contributed by atoms with Gasteiger partial charge < -0.3 is 5.32 Å². The van der Waals surface area contributed by atoms with Gasteiger partial charge in [-0.3, -0.25) is 0 Å². The molecule has 0 aliphatic heterocycles. The molecule has 0 aromatic heterocycles. The standard InChI is InChI=1S/C14H10Cl2N2/c1-9-2-5-12(7-13(9)16)18-14-6-11(15)4-3-10(14)8-17/h2-7,18H,1H3. The molecular formula is C14H10Cl2N2. The lowest BCUT2D eigenvalue weighted by molar-refractivity contribution is 1.43. The largest absolute Gasteiger partial charge is 0.354 e. The summed E-state index contributed by atoms with van der Waals surface area (Å²) in [5.41, 5.74) is 3.04. The van der Waals surface area contributed by atoms with Gasteiger partial charge in [0, 0.05) is 15.7 Å². The Morgan fingerprint density at radius 2 is 1.89 bits per heavy atom. The van der Waals surface area contributed by atoms with Crippen molar-refractivity contribution in [1.29, 1.82) is 5.26 Å². The molecule has 0 atom stereocenters. The van der Waals surface area contributed by atoms with Crippen LogP contribution < -0.4 is 5.32 Å². The highest BCUT2D eigenvalue weighted by Crippen LogP contribution is 2.26. The normalized spacial score (nSPS) is 9.89. The molecule has 0 aliphatic carbocycles. The topological polar surface area (TPSA) is 35.8 Å². The molecule has 0 fully saturated rings. The number of nitrogens with zero attached hydrogens (tertiary/aromatic N) is 1. The minimum absolute atomic E-state index is 0.538. The van der Waals surface area contributed by atoms with Crippen LogP contribution in [0.2, 0.25) is 10.0 Å². The van der Waals surface area contributed by atoms with Crippen LogP contribution in [0.4, 0.5) is 11.4 Å². The van der Waals surface area contributed by atoms with E-state index in [2.05, 4.69) is 11.4 Å². The highest BCUT2D eigenvalue weighted by atomic mass is 35.5. The van der Waals surface area contributed by atoms with Crippen LogP contribution >= 0.6 is 23.2 Å². The van der Waals surface area contributed by atoms with Crippen molar-refractivity contribution in [2.24, 2.45) is 0 Å². The number of benzene rings is 2. The summed E-state index contributed by atoms with van der Waals surface area (Å²) in [6, 6.07) is 12.8. The highest BCUT2D eigenvalue weighted by Gasteiger charge is 2.04. The molecule has 0 unspecified atom stereocenters. The van der Waals surface area contributed by atoms with Crippen molar-refractivity contribution in [2.75, 3.05) is 5.32 Å². The van der Waals surface area contributed by atoms with Gasteiger partial charge in [0.1, 0.15) is 6.07 Å². The SMILES string of the molecule is Cc1ccc(Nc2cc(Cl)ccc2C#N)cc1Cl. The second-order valence-electron chi connectivity index (χ2n) is 3.89. The predicted octanol–water partition coefficient (Wildman–Crippen LogP) is 4.92. The quantitative estimate of drug-likeness (QED) is 0.845. The van der Waals surface area contributed by atoms with Crippen LogP contribution in [-0.2, 0) is 0 Å². The van der Waals surface area contributed by atoms with Crippen LogP contribution in [0.1, 0.15) is 11.1 Å². The van der Waals surface area contributed by atoms with Crippen LogP contribution in [0.3, 0.4) is 0 Å². The van der Waals surface area contributed by atoms with E-state index < -0.39 is 0 Å². The van der Waals surface area contributed by atoms with Crippen molar-refractivity contribution >= 4 is 34.6 Å². The van der Waals surface area contributed by atoms with E-state index in [1.807, 2.05) is 25.1 Å². The van der Waals surface area contributed by atoms with Crippen molar-refractivity contribution in [2.45, 2.75) is 6.92 Å². The molecule has 0 spiro atoms. The van der Waals surface area contributed by atoms with E-state index >= 15 is 0 Å². The number of anilines is 2. The third kappa shape index (κ3) is 2.76. The molecule has 0 aliphatic rings. The summed E-state index contributed by atoms with van der Waals surface area (Å²) in [6.45, 7) is 1.94. The molecule has 0 saturated carbocycles. The lowest BCUT2D eigenvalue weighted by Crippen LogP contribution is -1.94. The summed E-state index contributed by atoms with van der Waals surface area (Å²) < 4.78 is 0. The molecule has 0 saturated heterocycles. The Bertz CT molecular complexity index is 630. The molecule has 2 aromatic rings. The first-order valence-electron chi connectivity index (χ1n) is 5.33. The first-order chi connectivity index (χ1) is 8.60. The minimum atomic E-state index is 0.538. The number of halogens is 2. The Kier molecular flexibility index (Phi) is 3.76. The second-order valence-corrected chi connectivity index (χ2v) is 4.73. The number of hydrogen-bond donors (Lipinski definition) is 1. The van der Waals surface area contributed by atoms with E-state index in [1.54, 1.807) is 18.2 Å². The van der Waals surface area contributed by atoms with E-state index in [4.69, 9.17) is 28.5 Å². The predicted molar refractivity (Wildman–Crippen MR) is 75.6 cm³/mol. The molecular weight excluding hydrogens is 267 g/mol. The Morgan fingerprint density at radius 3 is 2.56 bits per heavy atom. The van der Waals surface area contributed by atoms with Crippen molar-refractivity contribution in [3.8, 4) is 6.07 Å². The van der Waals surface area contributed by atoms with Gasteiger partial charge in [-0.15, -0.1) is 0 Å². The Labute approximate surface area is 116 Å². The number of nitrogens with one attached hydrogen (secondary N) is 1. The first kappa shape index (κ1) is 12.8. The Hall–Kier alpha value is -1.69. The molecule has 90 valence electrons. The zero-order chi connectivity index (χ0) is 13.1. The molecule has 0 heterocycles. The van der Waals surface area contributed by atoms with Crippen LogP contribution in [0.25, 0.3) is 0 Å². The second kappa shape index (κ2) is 5.30. The summed E-state index contributed by atoms with van der Waals surface area (Å²) in [5, 5.41) is 13.4. The smallest absolute Gasteiger partial charge is 0.101 e. The summed E-state index contributed by atoms with van der Waals surface area (Å²) >= 11 is 12.0. The van der Waals surface area contributed by atoms with E-state index in [0.29, 0.717) is 21.3 Å². The van der Waals surface area contributed by atoms with E-state index in [1.165, 1.54) is 0 Å². The average Bonchev–Trinajstić information content (AvgIpc) is 2.34. The van der Waals surface area contributed by atoms with Crippen LogP contribution in [0.15, 0.2) is 36.4 Å². The zero-order valence-corrected chi connectivity index (χ0v) is 11.2. The zero-order valence-electron chi connectivity index (χ0n) is 9.67. The average molecular weight is 277 g/mol. The maximum Gasteiger partial charge on any atom is 0.101 e. The molecule has 0 amide bonds. The molecule has 0 radical (unpaired) electrons. The molecule has 2 aromatic carbocycles. The molecule has 2 rings (SSSR count). The third-order valence-electron chi connectivity index (χ3n) is 2.55. The van der Waals surface area contributed by atoms with Crippen molar-refractivity contribution in [3.05, 3.63) is 57.6 Å². The molecule has 18 heavy (non-hydrogen) atoms. The lowest BCUT2D eigenvalue weighted by Gasteiger charge is -2.09. The van der Waals surface area contributed by atoms with Crippen molar-refractivity contribution in [3.63, 3.8) is 0 Å². The number of hydrogen-bond acceptors (Lipinski definition) is 2. The van der Waals surface area contributed by atoms with Crippen molar-refractivity contribution in [1.82, 2.24) is 0 Å². The minimum Gasteiger partial charge on any atom is -0.354 e. The lowest BCUT2D eigenvalue weighted by atomic mass is 10.1. The Balaban J connectivity index is 2.36. The summed E-state index contributed by atoms with van der Waals surface area (Å²) in [7, 11) is 0. The number of rotatable bonds is 2. The van der Waals surface area contributed by atoms with Gasteiger partial charge >= 0.3 is 0 Å². The van der Waals surface area contributed by atoms with Gasteiger partial charge in [0.25, 0.3) is 0 Å². The number of aryl methyl sites for hydroxylation is 1. The van der Waals surface area contributed by atoms with E-state index in [9.17, 15) is 0 Å². The fourth-order valence-electron chi connectivity index (χ4n) is 1.54. The van der Waals surface area contributed by atoms with E-state index in [-0.39, 0.29) is 0 Å². The van der Waals surface area contributed by atoms with Crippen LogP contribution in [0.5, 0.6) is 0 Å². The van der Waals surface area contributed by atoms with Crippen LogP contribution in [0, 0.1) is 18.3 Å². The molecule has 0 bridgehead atoms. The van der Waals surface area contributed by atoms with E-state index in [0.717, 1.165) is 11.3 Å². The van der Waals surface area contributed by atoms with Gasteiger partial charge in [-0.05, 0) is 42.8 Å². The van der Waals surface area contributed by atoms with Crippen molar-refractivity contribution < 1.29 is 0 Å². The summed E-state index contributed by atoms with van der Waals surface area (Å²) in [4.78, 5) is 0. The summed E-state index contributed by atoms with van der Waals surface area (Å²) in [5.74, 6) is 0. The number of nitriles is 1. The third-order valence-corrected chi connectivity index (χ3v) is 3.20. The van der Waals surface area contributed by atoms with Crippen LogP contribution in [-0.4, -0.2) is 0 Å². The van der Waals surface area contributed by atoms with Gasteiger partial charge in [-0.25, -0.2) is 0 Å².